The molecule has 6 nitrogen and oxygen atoms in total. The number of hydrogen-bond acceptors (Lipinski definition) is 5. The fourth-order valence-electron chi connectivity index (χ4n) is 4.10. The summed E-state index contributed by atoms with van der Waals surface area (Å²) in [4.78, 5) is 13.2. The number of nitrogens with one attached hydrogen (secondary N) is 1. The maximum Gasteiger partial charge on any atom is 0.224 e. The van der Waals surface area contributed by atoms with Gasteiger partial charge in [0.1, 0.15) is 5.75 Å². The predicted molar refractivity (Wildman–Crippen MR) is 135 cm³/mol. The Kier molecular flexibility index (Phi) is 6.85. The number of rotatable bonds is 5. The molecule has 1 atom stereocenters. The first kappa shape index (κ1) is 22.0. The van der Waals surface area contributed by atoms with E-state index in [1.165, 1.54) is 11.1 Å². The number of aromatic nitrogens is 2. The molecule has 3 aromatic rings. The minimum atomic E-state index is 0.393. The third-order valence-electron chi connectivity index (χ3n) is 5.80. The number of likely N-dealkylation sites (tertiary alicyclic amines) is 1. The van der Waals surface area contributed by atoms with E-state index in [9.17, 15) is 0 Å². The number of nitrogens with zero attached hydrogens (tertiary/aromatic N) is 4. The first-order chi connectivity index (χ1) is 15.5. The fraction of sp³-hybridized carbons (Fsp3) is 0.320. The van der Waals surface area contributed by atoms with Crippen LogP contribution in [-0.2, 0) is 0 Å². The molecule has 1 unspecified atom stereocenters. The quantitative estimate of drug-likeness (QED) is 0.564. The predicted octanol–water partition coefficient (Wildman–Crippen LogP) is 4.79. The van der Waals surface area contributed by atoms with Crippen LogP contribution in [0.4, 0.5) is 11.6 Å². The van der Waals surface area contributed by atoms with Gasteiger partial charge in [0.05, 0.1) is 7.11 Å². The Hall–Kier alpha value is -3.19. The van der Waals surface area contributed by atoms with Crippen molar-refractivity contribution in [2.24, 2.45) is 0 Å². The molecule has 32 heavy (non-hydrogen) atoms. The smallest absolute Gasteiger partial charge is 0.224 e. The summed E-state index contributed by atoms with van der Waals surface area (Å²) in [5, 5.41) is 4.14. The van der Waals surface area contributed by atoms with Crippen molar-refractivity contribution >= 4 is 29.0 Å². The first-order valence-electron chi connectivity index (χ1n) is 10.8. The zero-order chi connectivity index (χ0) is 22.5. The van der Waals surface area contributed by atoms with Gasteiger partial charge in [0.2, 0.25) is 5.95 Å². The van der Waals surface area contributed by atoms with E-state index in [2.05, 4.69) is 44.5 Å². The molecule has 4 rings (SSSR count). The van der Waals surface area contributed by atoms with Crippen molar-refractivity contribution in [3.63, 3.8) is 0 Å². The molecule has 1 aliphatic rings. The highest BCUT2D eigenvalue weighted by molar-refractivity contribution is 7.80. The largest absolute Gasteiger partial charge is 0.497 e. The number of anilines is 2. The highest BCUT2D eigenvalue weighted by atomic mass is 32.1. The van der Waals surface area contributed by atoms with E-state index in [1.54, 1.807) is 7.11 Å². The first-order valence-corrected chi connectivity index (χ1v) is 11.2. The van der Waals surface area contributed by atoms with Crippen LogP contribution >= 0.6 is 12.2 Å². The summed E-state index contributed by atoms with van der Waals surface area (Å²) in [6.45, 7) is 1.84. The van der Waals surface area contributed by atoms with E-state index < -0.39 is 0 Å². The minimum Gasteiger partial charge on any atom is -0.497 e. The van der Waals surface area contributed by atoms with Crippen LogP contribution in [0.1, 0.15) is 24.3 Å². The summed E-state index contributed by atoms with van der Waals surface area (Å²) in [6, 6.07) is 16.4. The van der Waals surface area contributed by atoms with Crippen LogP contribution in [0.5, 0.6) is 5.75 Å². The molecule has 0 aliphatic carbocycles. The number of thiocarbonyl (C=S) groups is 1. The summed E-state index contributed by atoms with van der Waals surface area (Å²) in [5.41, 5.74) is 4.53. The number of benzene rings is 2. The molecule has 0 amide bonds. The normalized spacial score (nSPS) is 15.8. The molecule has 1 aliphatic heterocycles. The molecular weight excluding hydrogens is 418 g/mol. The lowest BCUT2D eigenvalue weighted by atomic mass is 9.86. The molecular formula is C25H29N5OS. The highest BCUT2D eigenvalue weighted by Crippen LogP contribution is 2.34. The number of ether oxygens (including phenoxy) is 1. The van der Waals surface area contributed by atoms with Crippen LogP contribution in [0.25, 0.3) is 11.1 Å². The Bertz CT molecular complexity index is 1050. The van der Waals surface area contributed by atoms with E-state index in [1.807, 2.05) is 55.7 Å². The molecule has 7 heteroatoms. The Morgan fingerprint density at radius 3 is 2.50 bits per heavy atom. The maximum atomic E-state index is 5.74. The lowest BCUT2D eigenvalue weighted by Gasteiger charge is -2.35. The van der Waals surface area contributed by atoms with Crippen molar-refractivity contribution in [1.29, 1.82) is 0 Å². The molecule has 0 bridgehead atoms. The summed E-state index contributed by atoms with van der Waals surface area (Å²) < 4.78 is 5.24. The molecule has 1 aromatic heterocycles. The van der Waals surface area contributed by atoms with Gasteiger partial charge in [0.15, 0.2) is 5.11 Å². The SMILES string of the molecule is COc1ccc(NC(=S)N2CCCC(c3ccccc3-c3cnc(N(C)C)nc3)C2)cc1. The number of methoxy groups -OCH3 is 1. The standard InChI is InChI=1S/C25H29N5OS/c1-29(2)24-26-15-19(16-27-24)23-9-5-4-8-22(23)18-7-6-14-30(17-18)25(32)28-20-10-12-21(31-3)13-11-20/h4-5,8-13,15-16,18H,6-7,14,17H2,1-3H3,(H,28,32). The number of hydrogen-bond donors (Lipinski definition) is 1. The van der Waals surface area contributed by atoms with Gasteiger partial charge in [-0.15, -0.1) is 0 Å². The van der Waals surface area contributed by atoms with Gasteiger partial charge in [-0.05, 0) is 60.5 Å². The van der Waals surface area contributed by atoms with E-state index in [4.69, 9.17) is 17.0 Å². The Morgan fingerprint density at radius 1 is 1.09 bits per heavy atom. The topological polar surface area (TPSA) is 53.5 Å². The van der Waals surface area contributed by atoms with Crippen LogP contribution in [0, 0.1) is 0 Å². The summed E-state index contributed by atoms with van der Waals surface area (Å²) >= 11 is 5.74. The molecule has 0 radical (unpaired) electrons. The average molecular weight is 448 g/mol. The third kappa shape index (κ3) is 4.99. The maximum absolute atomic E-state index is 5.74. The lowest BCUT2D eigenvalue weighted by molar-refractivity contribution is 0.313. The summed E-state index contributed by atoms with van der Waals surface area (Å²) in [7, 11) is 5.56. The van der Waals surface area contributed by atoms with Gasteiger partial charge in [0, 0.05) is 56.7 Å². The second-order valence-electron chi connectivity index (χ2n) is 8.20. The summed E-state index contributed by atoms with van der Waals surface area (Å²) in [6.07, 6.45) is 6.06. The highest BCUT2D eigenvalue weighted by Gasteiger charge is 2.25. The van der Waals surface area contributed by atoms with Gasteiger partial charge in [-0.25, -0.2) is 9.97 Å². The van der Waals surface area contributed by atoms with Crippen LogP contribution in [0.3, 0.4) is 0 Å². The van der Waals surface area contributed by atoms with Gasteiger partial charge in [-0.3, -0.25) is 0 Å². The monoisotopic (exact) mass is 447 g/mol. The van der Waals surface area contributed by atoms with Crippen molar-refractivity contribution in [3.8, 4) is 16.9 Å². The zero-order valence-electron chi connectivity index (χ0n) is 18.8. The van der Waals surface area contributed by atoms with Crippen LogP contribution < -0.4 is 15.0 Å². The second-order valence-corrected chi connectivity index (χ2v) is 8.58. The van der Waals surface area contributed by atoms with Crippen LogP contribution in [0.2, 0.25) is 0 Å². The van der Waals surface area contributed by atoms with Gasteiger partial charge in [-0.2, -0.15) is 0 Å². The zero-order valence-corrected chi connectivity index (χ0v) is 19.6. The molecule has 0 spiro atoms. The molecule has 166 valence electrons. The van der Waals surface area contributed by atoms with Gasteiger partial charge >= 0.3 is 0 Å². The van der Waals surface area contributed by atoms with Crippen molar-refractivity contribution in [3.05, 3.63) is 66.5 Å². The van der Waals surface area contributed by atoms with Gasteiger partial charge in [-0.1, -0.05) is 24.3 Å². The summed E-state index contributed by atoms with van der Waals surface area (Å²) in [5.74, 6) is 1.94. The Morgan fingerprint density at radius 2 is 1.81 bits per heavy atom. The molecule has 1 fully saturated rings. The van der Waals surface area contributed by atoms with E-state index in [-0.39, 0.29) is 0 Å². The van der Waals surface area contributed by atoms with Crippen molar-refractivity contribution in [2.75, 3.05) is 44.5 Å². The second kappa shape index (κ2) is 9.96. The van der Waals surface area contributed by atoms with E-state index in [0.29, 0.717) is 11.9 Å². The van der Waals surface area contributed by atoms with Gasteiger partial charge in [0.25, 0.3) is 0 Å². The number of piperidine rings is 1. The fourth-order valence-corrected chi connectivity index (χ4v) is 4.38. The van der Waals surface area contributed by atoms with Crippen molar-refractivity contribution in [2.45, 2.75) is 18.8 Å². The third-order valence-corrected chi connectivity index (χ3v) is 6.16. The lowest BCUT2D eigenvalue weighted by Crippen LogP contribution is -2.41. The Labute approximate surface area is 195 Å². The Balaban J connectivity index is 1.50. The van der Waals surface area contributed by atoms with Crippen molar-refractivity contribution < 1.29 is 4.74 Å². The van der Waals surface area contributed by atoms with E-state index >= 15 is 0 Å². The average Bonchev–Trinajstić information content (AvgIpc) is 2.84. The van der Waals surface area contributed by atoms with Crippen LogP contribution in [-0.4, -0.2) is 54.3 Å². The molecule has 2 heterocycles. The molecule has 1 saturated heterocycles. The van der Waals surface area contributed by atoms with E-state index in [0.717, 1.165) is 48.0 Å². The molecule has 1 N–H and O–H groups in total. The van der Waals surface area contributed by atoms with Crippen LogP contribution in [0.15, 0.2) is 60.9 Å². The molecule has 2 aromatic carbocycles. The van der Waals surface area contributed by atoms with Gasteiger partial charge < -0.3 is 19.9 Å². The van der Waals surface area contributed by atoms with Crippen molar-refractivity contribution in [1.82, 2.24) is 14.9 Å². The molecule has 0 saturated carbocycles. The minimum absolute atomic E-state index is 0.393.